The van der Waals surface area contributed by atoms with E-state index in [4.69, 9.17) is 5.84 Å². The summed E-state index contributed by atoms with van der Waals surface area (Å²) in [4.78, 5) is 0. The first-order valence-electron chi connectivity index (χ1n) is 5.27. The van der Waals surface area contributed by atoms with E-state index in [9.17, 15) is 0 Å². The topological polar surface area (TPSA) is 29.3 Å². The minimum Gasteiger partial charge on any atom is -0.269 e. The molecule has 1 rings (SSSR count). The van der Waals surface area contributed by atoms with E-state index in [0.717, 1.165) is 12.5 Å². The second-order valence-corrected chi connectivity index (χ2v) is 4.07. The van der Waals surface area contributed by atoms with Gasteiger partial charge < -0.3 is 0 Å². The second-order valence-electron chi connectivity index (χ2n) is 4.07. The Balaban J connectivity index is 2.49. The highest BCUT2D eigenvalue weighted by atomic mass is 15.4. The molecule has 0 aromatic carbocycles. The molecule has 2 nitrogen and oxygen atoms in total. The molecule has 1 saturated heterocycles. The Morgan fingerprint density at radius 2 is 2.17 bits per heavy atom. The zero-order chi connectivity index (χ0) is 8.97. The smallest absolute Gasteiger partial charge is 0.0266 e. The van der Waals surface area contributed by atoms with Gasteiger partial charge in [0.05, 0.1) is 0 Å². The first-order valence-corrected chi connectivity index (χ1v) is 5.27. The van der Waals surface area contributed by atoms with Crippen LogP contribution in [0.5, 0.6) is 0 Å². The Morgan fingerprint density at radius 3 is 2.83 bits per heavy atom. The molecule has 0 aliphatic carbocycles. The molecule has 1 aliphatic heterocycles. The largest absolute Gasteiger partial charge is 0.269 e. The van der Waals surface area contributed by atoms with Crippen molar-refractivity contribution in [2.45, 2.75) is 52.0 Å². The van der Waals surface area contributed by atoms with Crippen molar-refractivity contribution in [1.29, 1.82) is 0 Å². The van der Waals surface area contributed by atoms with Crippen LogP contribution in [-0.2, 0) is 0 Å². The van der Waals surface area contributed by atoms with Crippen molar-refractivity contribution in [2.24, 2.45) is 11.8 Å². The maximum absolute atomic E-state index is 5.99. The van der Waals surface area contributed by atoms with Gasteiger partial charge in [-0.2, -0.15) is 0 Å². The lowest BCUT2D eigenvalue weighted by atomic mass is 9.94. The lowest BCUT2D eigenvalue weighted by Gasteiger charge is -2.29. The van der Waals surface area contributed by atoms with Gasteiger partial charge in [-0.1, -0.05) is 26.7 Å². The Kier molecular flexibility index (Phi) is 4.02. The molecule has 0 radical (unpaired) electrons. The summed E-state index contributed by atoms with van der Waals surface area (Å²) >= 11 is 0. The number of hydrazine groups is 1. The van der Waals surface area contributed by atoms with Crippen LogP contribution in [0.25, 0.3) is 0 Å². The first kappa shape index (κ1) is 10.0. The van der Waals surface area contributed by atoms with Crippen LogP contribution in [0.15, 0.2) is 0 Å². The Morgan fingerprint density at radius 1 is 1.42 bits per heavy atom. The molecular weight excluding hydrogens is 148 g/mol. The molecule has 2 N–H and O–H groups in total. The van der Waals surface area contributed by atoms with Crippen molar-refractivity contribution >= 4 is 0 Å². The van der Waals surface area contributed by atoms with Gasteiger partial charge in [-0.3, -0.25) is 5.84 Å². The molecule has 0 aromatic heterocycles. The Bertz CT molecular complexity index is 113. The van der Waals surface area contributed by atoms with Crippen molar-refractivity contribution in [3.63, 3.8) is 0 Å². The van der Waals surface area contributed by atoms with Crippen LogP contribution < -0.4 is 5.84 Å². The minimum absolute atomic E-state index is 0.637. The van der Waals surface area contributed by atoms with Gasteiger partial charge in [-0.15, -0.1) is 0 Å². The first-order chi connectivity index (χ1) is 5.75. The molecule has 0 spiro atoms. The zero-order valence-corrected chi connectivity index (χ0v) is 8.42. The fraction of sp³-hybridized carbons (Fsp3) is 1.00. The fourth-order valence-corrected chi connectivity index (χ4v) is 2.19. The molecule has 0 bridgehead atoms. The Hall–Kier alpha value is -0.0800. The molecule has 1 heterocycles. The summed E-state index contributed by atoms with van der Waals surface area (Å²) in [5, 5.41) is 2.07. The lowest BCUT2D eigenvalue weighted by Crippen LogP contribution is -2.43. The average Bonchev–Trinajstić information content (AvgIpc) is 2.19. The maximum Gasteiger partial charge on any atom is 0.0266 e. The van der Waals surface area contributed by atoms with Gasteiger partial charge in [0.15, 0.2) is 0 Å². The van der Waals surface area contributed by atoms with E-state index in [0.29, 0.717) is 6.04 Å². The van der Waals surface area contributed by atoms with Gasteiger partial charge in [-0.05, 0) is 25.2 Å². The van der Waals surface area contributed by atoms with Crippen LogP contribution in [-0.4, -0.2) is 17.6 Å². The quantitative estimate of drug-likeness (QED) is 0.643. The molecule has 0 saturated carbocycles. The molecule has 0 amide bonds. The van der Waals surface area contributed by atoms with Gasteiger partial charge in [0.25, 0.3) is 0 Å². The van der Waals surface area contributed by atoms with Crippen LogP contribution in [0.3, 0.4) is 0 Å². The Labute approximate surface area is 76.1 Å². The highest BCUT2D eigenvalue weighted by Crippen LogP contribution is 2.23. The molecule has 72 valence electrons. The third kappa shape index (κ3) is 2.46. The van der Waals surface area contributed by atoms with Crippen LogP contribution in [0.1, 0.15) is 46.0 Å². The van der Waals surface area contributed by atoms with Crippen LogP contribution >= 0.6 is 0 Å². The predicted octanol–water partition coefficient (Wildman–Crippen LogP) is 2.15. The van der Waals surface area contributed by atoms with Crippen LogP contribution in [0.4, 0.5) is 0 Å². The predicted molar refractivity (Wildman–Crippen MR) is 52.6 cm³/mol. The van der Waals surface area contributed by atoms with Crippen LogP contribution in [0.2, 0.25) is 0 Å². The minimum atomic E-state index is 0.637. The second kappa shape index (κ2) is 4.83. The van der Waals surface area contributed by atoms with E-state index in [1.807, 2.05) is 0 Å². The third-order valence-electron chi connectivity index (χ3n) is 2.99. The van der Waals surface area contributed by atoms with Gasteiger partial charge >= 0.3 is 0 Å². The van der Waals surface area contributed by atoms with E-state index in [1.54, 1.807) is 0 Å². The van der Waals surface area contributed by atoms with Gasteiger partial charge in [0.1, 0.15) is 0 Å². The zero-order valence-electron chi connectivity index (χ0n) is 8.42. The molecule has 2 heteroatoms. The van der Waals surface area contributed by atoms with Crippen LogP contribution in [0, 0.1) is 5.92 Å². The average molecular weight is 170 g/mol. The summed E-state index contributed by atoms with van der Waals surface area (Å²) in [6.45, 7) is 5.67. The van der Waals surface area contributed by atoms with Crippen molar-refractivity contribution < 1.29 is 0 Å². The highest BCUT2D eigenvalue weighted by molar-refractivity contribution is 4.76. The van der Waals surface area contributed by atoms with Crippen molar-refractivity contribution in [3.05, 3.63) is 0 Å². The summed E-state index contributed by atoms with van der Waals surface area (Å²) in [6.07, 6.45) is 6.51. The van der Waals surface area contributed by atoms with E-state index in [2.05, 4.69) is 18.9 Å². The van der Waals surface area contributed by atoms with E-state index < -0.39 is 0 Å². The van der Waals surface area contributed by atoms with Gasteiger partial charge in [0.2, 0.25) is 0 Å². The monoisotopic (exact) mass is 170 g/mol. The molecule has 1 fully saturated rings. The van der Waals surface area contributed by atoms with E-state index >= 15 is 0 Å². The number of nitrogens with two attached hydrogens (primary N) is 1. The molecular formula is C10H22N2. The van der Waals surface area contributed by atoms with Crippen molar-refractivity contribution in [1.82, 2.24) is 5.01 Å². The van der Waals surface area contributed by atoms with E-state index in [1.165, 1.54) is 32.1 Å². The normalized spacial score (nSPS) is 33.2. The molecule has 2 atom stereocenters. The molecule has 0 aromatic rings. The molecule has 2 unspecified atom stereocenters. The number of nitrogens with zero attached hydrogens (tertiary/aromatic N) is 1. The summed E-state index contributed by atoms with van der Waals surface area (Å²) in [7, 11) is 0. The van der Waals surface area contributed by atoms with E-state index in [-0.39, 0.29) is 0 Å². The summed E-state index contributed by atoms with van der Waals surface area (Å²) in [6, 6.07) is 0.637. The number of rotatable bonds is 2. The SMILES string of the molecule is CCCC1C(C)CCCCN1N. The maximum atomic E-state index is 5.99. The van der Waals surface area contributed by atoms with Crippen molar-refractivity contribution in [3.8, 4) is 0 Å². The summed E-state index contributed by atoms with van der Waals surface area (Å²) in [5.41, 5.74) is 0. The summed E-state index contributed by atoms with van der Waals surface area (Å²) in [5.74, 6) is 6.78. The standard InChI is InChI=1S/C10H22N2/c1-3-6-10-9(2)7-4-5-8-12(10)11/h9-10H,3-8,11H2,1-2H3. The van der Waals surface area contributed by atoms with Crippen molar-refractivity contribution in [2.75, 3.05) is 6.54 Å². The lowest BCUT2D eigenvalue weighted by molar-refractivity contribution is 0.154. The third-order valence-corrected chi connectivity index (χ3v) is 2.99. The number of hydrogen-bond acceptors (Lipinski definition) is 2. The summed E-state index contributed by atoms with van der Waals surface area (Å²) < 4.78 is 0. The fourth-order valence-electron chi connectivity index (χ4n) is 2.19. The highest BCUT2D eigenvalue weighted by Gasteiger charge is 2.23. The number of hydrogen-bond donors (Lipinski definition) is 1. The van der Waals surface area contributed by atoms with Gasteiger partial charge in [-0.25, -0.2) is 5.01 Å². The molecule has 12 heavy (non-hydrogen) atoms. The molecule has 1 aliphatic rings. The van der Waals surface area contributed by atoms with Gasteiger partial charge in [0, 0.05) is 12.6 Å².